The van der Waals surface area contributed by atoms with E-state index in [0.29, 0.717) is 6.54 Å². The van der Waals surface area contributed by atoms with E-state index in [1.807, 2.05) is 18.2 Å². The van der Waals surface area contributed by atoms with E-state index >= 15 is 0 Å². The molecule has 0 atom stereocenters. The second kappa shape index (κ2) is 6.06. The fourth-order valence-corrected chi connectivity index (χ4v) is 2.50. The summed E-state index contributed by atoms with van der Waals surface area (Å²) in [5.74, 6) is -0.206. The Kier molecular flexibility index (Phi) is 3.97. The quantitative estimate of drug-likeness (QED) is 0.778. The molecule has 21 heavy (non-hydrogen) atoms. The first-order valence-electron chi connectivity index (χ1n) is 7.16. The predicted octanol–water partition coefficient (Wildman–Crippen LogP) is 3.33. The number of benzene rings is 1. The summed E-state index contributed by atoms with van der Waals surface area (Å²) in [6.07, 6.45) is 3.93. The van der Waals surface area contributed by atoms with Crippen LogP contribution in [0, 0.1) is 5.82 Å². The Hall–Kier alpha value is -2.20. The van der Waals surface area contributed by atoms with Crippen LogP contribution in [0.2, 0.25) is 0 Å². The van der Waals surface area contributed by atoms with Crippen molar-refractivity contribution in [1.82, 2.24) is 14.9 Å². The molecule has 0 unspecified atom stereocenters. The van der Waals surface area contributed by atoms with E-state index in [-0.39, 0.29) is 5.82 Å². The van der Waals surface area contributed by atoms with Gasteiger partial charge in [-0.05, 0) is 41.9 Å². The van der Waals surface area contributed by atoms with Gasteiger partial charge in [0.05, 0.1) is 0 Å². The van der Waals surface area contributed by atoms with Crippen molar-refractivity contribution in [2.24, 2.45) is 0 Å². The third-order valence-electron chi connectivity index (χ3n) is 3.55. The maximum atomic E-state index is 13.0. The molecule has 108 valence electrons. The Morgan fingerprint density at radius 2 is 2.00 bits per heavy atom. The van der Waals surface area contributed by atoms with Crippen LogP contribution in [0.5, 0.6) is 0 Å². The topological polar surface area (TPSA) is 29.9 Å². The minimum Gasteiger partial charge on any atom is -0.328 e. The number of hydrogen-bond acceptors (Lipinski definition) is 2. The summed E-state index contributed by atoms with van der Waals surface area (Å²) < 4.78 is 15.1. The van der Waals surface area contributed by atoms with Gasteiger partial charge < -0.3 is 9.88 Å². The molecule has 2 aromatic heterocycles. The van der Waals surface area contributed by atoms with Crippen LogP contribution in [0.25, 0.3) is 11.0 Å². The SMILES string of the molecule is CCNCc1cn(Cc2ccc(F)cc2)c2ncccc12. The average Bonchev–Trinajstić information content (AvgIpc) is 2.86. The molecule has 0 spiro atoms. The van der Waals surface area contributed by atoms with Crippen LogP contribution >= 0.6 is 0 Å². The van der Waals surface area contributed by atoms with E-state index < -0.39 is 0 Å². The monoisotopic (exact) mass is 283 g/mol. The fraction of sp³-hybridized carbons (Fsp3) is 0.235. The lowest BCUT2D eigenvalue weighted by molar-refractivity contribution is 0.626. The van der Waals surface area contributed by atoms with Crippen molar-refractivity contribution in [3.05, 3.63) is 65.7 Å². The van der Waals surface area contributed by atoms with Crippen LogP contribution in [-0.4, -0.2) is 16.1 Å². The molecule has 0 saturated heterocycles. The van der Waals surface area contributed by atoms with Gasteiger partial charge in [0.25, 0.3) is 0 Å². The Labute approximate surface area is 123 Å². The normalized spacial score (nSPS) is 11.1. The molecule has 0 aliphatic heterocycles. The van der Waals surface area contributed by atoms with Crippen LogP contribution in [-0.2, 0) is 13.1 Å². The highest BCUT2D eigenvalue weighted by atomic mass is 19.1. The Morgan fingerprint density at radius 3 is 2.76 bits per heavy atom. The molecule has 1 N–H and O–H groups in total. The van der Waals surface area contributed by atoms with E-state index in [1.54, 1.807) is 6.20 Å². The highest BCUT2D eigenvalue weighted by molar-refractivity contribution is 5.80. The zero-order chi connectivity index (χ0) is 14.7. The van der Waals surface area contributed by atoms with E-state index in [2.05, 4.69) is 34.1 Å². The first-order valence-corrected chi connectivity index (χ1v) is 7.16. The third-order valence-corrected chi connectivity index (χ3v) is 3.55. The molecule has 3 rings (SSSR count). The molecule has 2 heterocycles. The number of nitrogens with one attached hydrogen (secondary N) is 1. The third kappa shape index (κ3) is 2.95. The molecule has 3 nitrogen and oxygen atoms in total. The van der Waals surface area contributed by atoms with Crippen LogP contribution in [0.3, 0.4) is 0 Å². The first-order chi connectivity index (χ1) is 10.3. The van der Waals surface area contributed by atoms with Crippen molar-refractivity contribution < 1.29 is 4.39 Å². The highest BCUT2D eigenvalue weighted by Crippen LogP contribution is 2.20. The Bertz CT molecular complexity index is 731. The summed E-state index contributed by atoms with van der Waals surface area (Å²) in [4.78, 5) is 4.48. The second-order valence-corrected chi connectivity index (χ2v) is 5.06. The van der Waals surface area contributed by atoms with Crippen LogP contribution in [0.4, 0.5) is 4.39 Å². The number of hydrogen-bond donors (Lipinski definition) is 1. The number of pyridine rings is 1. The molecule has 0 aliphatic rings. The summed E-state index contributed by atoms with van der Waals surface area (Å²) in [7, 11) is 0. The van der Waals surface area contributed by atoms with E-state index in [0.717, 1.165) is 24.3 Å². The predicted molar refractivity (Wildman–Crippen MR) is 82.6 cm³/mol. The number of fused-ring (bicyclic) bond motifs is 1. The van der Waals surface area contributed by atoms with Gasteiger partial charge >= 0.3 is 0 Å². The fourth-order valence-electron chi connectivity index (χ4n) is 2.50. The number of nitrogens with zero attached hydrogens (tertiary/aromatic N) is 2. The Morgan fingerprint density at radius 1 is 1.19 bits per heavy atom. The highest BCUT2D eigenvalue weighted by Gasteiger charge is 2.09. The molecule has 1 aromatic carbocycles. The van der Waals surface area contributed by atoms with Crippen LogP contribution in [0.15, 0.2) is 48.8 Å². The zero-order valence-corrected chi connectivity index (χ0v) is 12.0. The number of halogens is 1. The lowest BCUT2D eigenvalue weighted by Crippen LogP contribution is -2.11. The smallest absolute Gasteiger partial charge is 0.140 e. The molecule has 0 bridgehead atoms. The number of aromatic nitrogens is 2. The largest absolute Gasteiger partial charge is 0.328 e. The molecular weight excluding hydrogens is 265 g/mol. The summed E-state index contributed by atoms with van der Waals surface area (Å²) in [6.45, 7) is 4.55. The maximum Gasteiger partial charge on any atom is 0.140 e. The molecule has 0 fully saturated rings. The average molecular weight is 283 g/mol. The van der Waals surface area contributed by atoms with Gasteiger partial charge in [-0.2, -0.15) is 0 Å². The van der Waals surface area contributed by atoms with E-state index in [4.69, 9.17) is 0 Å². The van der Waals surface area contributed by atoms with Gasteiger partial charge in [-0.25, -0.2) is 9.37 Å². The lowest BCUT2D eigenvalue weighted by atomic mass is 10.2. The van der Waals surface area contributed by atoms with Crippen molar-refractivity contribution in [1.29, 1.82) is 0 Å². The van der Waals surface area contributed by atoms with Crippen molar-refractivity contribution in [2.75, 3.05) is 6.54 Å². The van der Waals surface area contributed by atoms with Gasteiger partial charge in [0.2, 0.25) is 0 Å². The van der Waals surface area contributed by atoms with Gasteiger partial charge in [-0.15, -0.1) is 0 Å². The summed E-state index contributed by atoms with van der Waals surface area (Å²) in [5, 5.41) is 4.52. The standard InChI is InChI=1S/C17H18FN3/c1-2-19-10-14-12-21(17-16(14)4-3-9-20-17)11-13-5-7-15(18)8-6-13/h3-9,12,19H,2,10-11H2,1H3. The van der Waals surface area contributed by atoms with Gasteiger partial charge in [0.1, 0.15) is 11.5 Å². The second-order valence-electron chi connectivity index (χ2n) is 5.06. The van der Waals surface area contributed by atoms with Gasteiger partial charge in [0, 0.05) is 30.9 Å². The van der Waals surface area contributed by atoms with Crippen molar-refractivity contribution in [2.45, 2.75) is 20.0 Å². The van der Waals surface area contributed by atoms with Crippen LogP contribution in [0.1, 0.15) is 18.1 Å². The first kappa shape index (κ1) is 13.8. The molecule has 3 aromatic rings. The summed E-state index contributed by atoms with van der Waals surface area (Å²) >= 11 is 0. The van der Waals surface area contributed by atoms with Gasteiger partial charge in [-0.3, -0.25) is 0 Å². The molecule has 0 aliphatic carbocycles. The van der Waals surface area contributed by atoms with E-state index in [1.165, 1.54) is 23.1 Å². The molecule has 4 heteroatoms. The zero-order valence-electron chi connectivity index (χ0n) is 12.0. The van der Waals surface area contributed by atoms with Crippen molar-refractivity contribution >= 4 is 11.0 Å². The number of rotatable bonds is 5. The molecular formula is C17H18FN3. The van der Waals surface area contributed by atoms with Gasteiger partial charge in [-0.1, -0.05) is 19.1 Å². The van der Waals surface area contributed by atoms with Crippen molar-refractivity contribution in [3.63, 3.8) is 0 Å². The summed E-state index contributed by atoms with van der Waals surface area (Å²) in [6, 6.07) is 10.7. The van der Waals surface area contributed by atoms with Crippen LogP contribution < -0.4 is 5.32 Å². The lowest BCUT2D eigenvalue weighted by Gasteiger charge is -2.04. The van der Waals surface area contributed by atoms with E-state index in [9.17, 15) is 4.39 Å². The minimum atomic E-state index is -0.206. The molecule has 0 radical (unpaired) electrons. The minimum absolute atomic E-state index is 0.206. The maximum absolute atomic E-state index is 13.0. The van der Waals surface area contributed by atoms with Crippen molar-refractivity contribution in [3.8, 4) is 0 Å². The molecule has 0 amide bonds. The summed E-state index contributed by atoms with van der Waals surface area (Å²) in [5.41, 5.74) is 3.27. The van der Waals surface area contributed by atoms with Gasteiger partial charge in [0.15, 0.2) is 0 Å². The Balaban J connectivity index is 1.96. The molecule has 0 saturated carbocycles.